The lowest BCUT2D eigenvalue weighted by atomic mass is 10.3. The van der Waals surface area contributed by atoms with Crippen molar-refractivity contribution in [2.24, 2.45) is 0 Å². The van der Waals surface area contributed by atoms with Crippen LogP contribution in [0, 0.1) is 3.57 Å². The van der Waals surface area contributed by atoms with Gasteiger partial charge in [0.1, 0.15) is 17.3 Å². The monoisotopic (exact) mass is 350 g/mol. The second kappa shape index (κ2) is 9.27. The van der Waals surface area contributed by atoms with Crippen LogP contribution in [0.1, 0.15) is 26.7 Å². The van der Waals surface area contributed by atoms with Crippen molar-refractivity contribution in [3.05, 3.63) is 21.8 Å². The van der Waals surface area contributed by atoms with Crippen molar-refractivity contribution in [1.29, 1.82) is 0 Å². The summed E-state index contributed by atoms with van der Waals surface area (Å²) in [6.45, 7) is 3.76. The highest BCUT2D eigenvalue weighted by atomic mass is 127. The van der Waals surface area contributed by atoms with Crippen LogP contribution in [-0.4, -0.2) is 20.0 Å². The van der Waals surface area contributed by atoms with Crippen molar-refractivity contribution in [3.8, 4) is 11.5 Å². The smallest absolute Gasteiger partial charge is 0.135 e. The zero-order valence-corrected chi connectivity index (χ0v) is 12.9. The van der Waals surface area contributed by atoms with Gasteiger partial charge in [-0.15, -0.1) is 0 Å². The second-order valence-electron chi connectivity index (χ2n) is 3.25. The summed E-state index contributed by atoms with van der Waals surface area (Å²) in [5, 5.41) is 0. The molecule has 3 nitrogen and oxygen atoms in total. The molecular weight excluding hydrogens is 331 g/mol. The minimum absolute atomic E-state index is 0.343. The molecule has 0 aromatic heterocycles. The Balaban J connectivity index is 0.000000366. The van der Waals surface area contributed by atoms with Crippen LogP contribution in [-0.2, 0) is 4.79 Å². The molecule has 0 amide bonds. The Morgan fingerprint density at radius 1 is 1.18 bits per heavy atom. The molecule has 0 fully saturated rings. The quantitative estimate of drug-likeness (QED) is 0.777. The topological polar surface area (TPSA) is 35.5 Å². The van der Waals surface area contributed by atoms with Gasteiger partial charge in [-0.3, -0.25) is 4.79 Å². The number of ether oxygens (including phenoxy) is 2. The Morgan fingerprint density at radius 3 is 2.12 bits per heavy atom. The molecule has 0 saturated carbocycles. The number of hydrogen-bond acceptors (Lipinski definition) is 3. The van der Waals surface area contributed by atoms with Crippen molar-refractivity contribution >= 4 is 28.4 Å². The molecule has 1 aromatic carbocycles. The van der Waals surface area contributed by atoms with Gasteiger partial charge in [0, 0.05) is 18.9 Å². The van der Waals surface area contributed by atoms with Gasteiger partial charge in [-0.2, -0.15) is 0 Å². The van der Waals surface area contributed by atoms with E-state index in [2.05, 4.69) is 22.6 Å². The molecule has 0 saturated heterocycles. The van der Waals surface area contributed by atoms with Crippen molar-refractivity contribution < 1.29 is 14.3 Å². The van der Waals surface area contributed by atoms with Crippen molar-refractivity contribution in [1.82, 2.24) is 0 Å². The maximum Gasteiger partial charge on any atom is 0.135 e. The molecule has 0 N–H and O–H groups in total. The molecule has 0 unspecified atom stereocenters. The normalized spacial score (nSPS) is 9.00. The fourth-order valence-corrected chi connectivity index (χ4v) is 1.57. The highest BCUT2D eigenvalue weighted by molar-refractivity contribution is 14.1. The van der Waals surface area contributed by atoms with Crippen LogP contribution >= 0.6 is 22.6 Å². The highest BCUT2D eigenvalue weighted by Gasteiger charge is 1.99. The first kappa shape index (κ1) is 16.2. The average molecular weight is 350 g/mol. The zero-order valence-electron chi connectivity index (χ0n) is 10.7. The highest BCUT2D eigenvalue weighted by Crippen LogP contribution is 2.25. The number of carbonyl (C=O) groups is 1. The third kappa shape index (κ3) is 6.51. The number of halogens is 1. The van der Waals surface area contributed by atoms with E-state index in [1.807, 2.05) is 32.0 Å². The van der Waals surface area contributed by atoms with Gasteiger partial charge in [-0.05, 0) is 34.7 Å². The maximum absolute atomic E-state index is 10.2. The van der Waals surface area contributed by atoms with E-state index in [1.54, 1.807) is 14.2 Å². The minimum Gasteiger partial charge on any atom is -0.497 e. The Hall–Kier alpha value is -0.780. The van der Waals surface area contributed by atoms with Crippen LogP contribution in [0.2, 0.25) is 0 Å². The van der Waals surface area contributed by atoms with Crippen molar-refractivity contribution in [2.45, 2.75) is 26.7 Å². The number of ketones is 1. The van der Waals surface area contributed by atoms with Crippen LogP contribution in [0.3, 0.4) is 0 Å². The van der Waals surface area contributed by atoms with E-state index >= 15 is 0 Å². The molecule has 0 spiro atoms. The number of carbonyl (C=O) groups excluding carboxylic acids is 1. The molecule has 17 heavy (non-hydrogen) atoms. The molecule has 0 heterocycles. The first-order valence-electron chi connectivity index (χ1n) is 5.48. The van der Waals surface area contributed by atoms with Gasteiger partial charge >= 0.3 is 0 Å². The van der Waals surface area contributed by atoms with Gasteiger partial charge in [0.05, 0.1) is 17.8 Å². The lowest BCUT2D eigenvalue weighted by molar-refractivity contribution is -0.118. The van der Waals surface area contributed by atoms with E-state index in [0.717, 1.165) is 15.1 Å². The lowest BCUT2D eigenvalue weighted by Crippen LogP contribution is -1.88. The van der Waals surface area contributed by atoms with Gasteiger partial charge in [0.25, 0.3) is 0 Å². The molecule has 0 aliphatic heterocycles. The summed E-state index contributed by atoms with van der Waals surface area (Å²) in [6.07, 6.45) is 1.38. The number of benzene rings is 1. The van der Waals surface area contributed by atoms with Crippen LogP contribution < -0.4 is 9.47 Å². The summed E-state index contributed by atoms with van der Waals surface area (Å²) in [5.74, 6) is 2.02. The van der Waals surface area contributed by atoms with Gasteiger partial charge in [0.15, 0.2) is 0 Å². The zero-order chi connectivity index (χ0) is 13.3. The van der Waals surface area contributed by atoms with Crippen LogP contribution in [0.15, 0.2) is 18.2 Å². The van der Waals surface area contributed by atoms with Gasteiger partial charge in [-0.1, -0.05) is 13.8 Å². The summed E-state index contributed by atoms with van der Waals surface area (Å²) in [4.78, 5) is 10.2. The molecule has 1 rings (SSSR count). The summed E-state index contributed by atoms with van der Waals surface area (Å²) in [6, 6.07) is 5.73. The number of Topliss-reactive ketones (excluding diaryl/α,β-unsaturated/α-hetero) is 1. The number of methoxy groups -OCH3 is 2. The van der Waals surface area contributed by atoms with E-state index in [0.29, 0.717) is 18.6 Å². The summed E-state index contributed by atoms with van der Waals surface area (Å²) in [7, 11) is 3.29. The standard InChI is InChI=1S/C8H9IO2.C5H10O/c1-10-6-3-4-7(9)8(5-6)11-2;1-3-5(6)4-2/h3-5H,1-2H3;3-4H2,1-2H3. The first-order valence-corrected chi connectivity index (χ1v) is 6.56. The Bertz CT molecular complexity index is 345. The summed E-state index contributed by atoms with van der Waals surface area (Å²) < 4.78 is 11.2. The second-order valence-corrected chi connectivity index (χ2v) is 4.41. The van der Waals surface area contributed by atoms with Crippen LogP contribution in [0.4, 0.5) is 0 Å². The van der Waals surface area contributed by atoms with E-state index in [1.165, 1.54) is 0 Å². The van der Waals surface area contributed by atoms with Crippen molar-refractivity contribution in [3.63, 3.8) is 0 Å². The van der Waals surface area contributed by atoms with Crippen molar-refractivity contribution in [2.75, 3.05) is 14.2 Å². The van der Waals surface area contributed by atoms with E-state index in [-0.39, 0.29) is 0 Å². The van der Waals surface area contributed by atoms with Gasteiger partial charge in [0.2, 0.25) is 0 Å². The molecular formula is C13H19IO3. The SMILES string of the molecule is CCC(=O)CC.COc1ccc(I)c(OC)c1. The van der Waals surface area contributed by atoms with Gasteiger partial charge < -0.3 is 9.47 Å². The van der Waals surface area contributed by atoms with E-state index in [9.17, 15) is 4.79 Å². The van der Waals surface area contributed by atoms with E-state index in [4.69, 9.17) is 9.47 Å². The number of hydrogen-bond donors (Lipinski definition) is 0. The molecule has 0 aliphatic carbocycles. The molecule has 0 bridgehead atoms. The van der Waals surface area contributed by atoms with Crippen LogP contribution in [0.25, 0.3) is 0 Å². The third-order valence-electron chi connectivity index (χ3n) is 2.15. The molecule has 0 atom stereocenters. The Morgan fingerprint density at radius 2 is 1.76 bits per heavy atom. The van der Waals surface area contributed by atoms with Crippen LogP contribution in [0.5, 0.6) is 11.5 Å². The minimum atomic E-state index is 0.343. The third-order valence-corrected chi connectivity index (χ3v) is 3.04. The molecule has 0 radical (unpaired) electrons. The molecule has 0 aliphatic rings. The fraction of sp³-hybridized carbons (Fsp3) is 0.462. The summed E-state index contributed by atoms with van der Waals surface area (Å²) in [5.41, 5.74) is 0. The summed E-state index contributed by atoms with van der Waals surface area (Å²) >= 11 is 2.21. The maximum atomic E-state index is 10.2. The average Bonchev–Trinajstić information content (AvgIpc) is 2.39. The lowest BCUT2D eigenvalue weighted by Gasteiger charge is -2.04. The fourth-order valence-electron chi connectivity index (χ4n) is 1.02. The Labute approximate surface area is 117 Å². The Kier molecular flexibility index (Phi) is 8.85. The predicted octanol–water partition coefficient (Wildman–Crippen LogP) is 3.68. The van der Waals surface area contributed by atoms with E-state index < -0.39 is 0 Å². The number of rotatable bonds is 4. The molecule has 4 heteroatoms. The largest absolute Gasteiger partial charge is 0.497 e. The van der Waals surface area contributed by atoms with Gasteiger partial charge in [-0.25, -0.2) is 0 Å². The first-order chi connectivity index (χ1) is 8.08. The predicted molar refractivity (Wildman–Crippen MR) is 77.9 cm³/mol. The molecule has 1 aromatic rings. The molecule has 96 valence electrons.